The molecule has 0 spiro atoms. The van der Waals surface area contributed by atoms with E-state index in [9.17, 15) is 0 Å². The van der Waals surface area contributed by atoms with Crippen LogP contribution in [0, 0.1) is 0 Å². The fourth-order valence-corrected chi connectivity index (χ4v) is 8.75. The Morgan fingerprint density at radius 2 is 0.812 bits per heavy atom. The molecule has 3 aromatic rings. The molecule has 170 valence electrons. The number of ether oxygens (including phenoxy) is 2. The van der Waals surface area contributed by atoms with E-state index in [1.165, 1.54) is 0 Å². The van der Waals surface area contributed by atoms with Gasteiger partial charge in [0, 0.05) is 20.1 Å². The first-order chi connectivity index (χ1) is 15.0. The molecule has 0 N–H and O–H groups in total. The molecule has 0 saturated heterocycles. The smallest absolute Gasteiger partial charge is 0.148 e. The van der Waals surface area contributed by atoms with E-state index in [1.54, 1.807) is 0 Å². The Balaban J connectivity index is 1.93. The van der Waals surface area contributed by atoms with Crippen molar-refractivity contribution in [3.63, 3.8) is 0 Å². The number of rotatable bonds is 6. The average molecular weight is 902 g/mol. The molecule has 0 radical (unpaired) electrons. The summed E-state index contributed by atoms with van der Waals surface area (Å²) in [7, 11) is 0. The summed E-state index contributed by atoms with van der Waals surface area (Å²) in [4.78, 5) is 0. The van der Waals surface area contributed by atoms with Crippen molar-refractivity contribution in [2.24, 2.45) is 0 Å². The number of hydrogen-bond donors (Lipinski definition) is 0. The second-order valence-corrected chi connectivity index (χ2v) is 12.9. The van der Waals surface area contributed by atoms with Crippen LogP contribution in [-0.4, -0.2) is 0 Å². The van der Waals surface area contributed by atoms with Crippen molar-refractivity contribution in [3.05, 3.63) is 82.3 Å². The third kappa shape index (κ3) is 6.34. The van der Waals surface area contributed by atoms with Gasteiger partial charge < -0.3 is 9.47 Å². The third-order valence-corrected chi connectivity index (χ3v) is 9.23. The van der Waals surface area contributed by atoms with Crippen LogP contribution in [0.1, 0.15) is 11.1 Å². The first kappa shape index (κ1) is 27.9. The second-order valence-electron chi connectivity index (χ2n) is 6.19. The lowest BCUT2D eigenvalue weighted by Crippen LogP contribution is -2.05. The van der Waals surface area contributed by atoms with E-state index in [0.717, 1.165) is 26.8 Å². The monoisotopic (exact) mass is 893 g/mol. The first-order valence-corrected chi connectivity index (χ1v) is 14.7. The van der Waals surface area contributed by atoms with Gasteiger partial charge >= 0.3 is 0 Å². The zero-order valence-electron chi connectivity index (χ0n) is 15.3. The maximum atomic E-state index is 6.68. The summed E-state index contributed by atoms with van der Waals surface area (Å²) in [6.45, 7) is 0.123. The van der Waals surface area contributed by atoms with E-state index in [-0.39, 0.29) is 28.3 Å². The lowest BCUT2D eigenvalue weighted by molar-refractivity contribution is 0.296. The Morgan fingerprint density at radius 1 is 0.500 bits per heavy atom. The summed E-state index contributed by atoms with van der Waals surface area (Å²) >= 11 is 46.8. The highest BCUT2D eigenvalue weighted by molar-refractivity contribution is 9.12. The molecule has 12 heteroatoms. The molecule has 0 atom stereocenters. The number of benzene rings is 3. The SMILES string of the molecule is Clc1c(Cl)c(COc2c(Br)cc(Br)cc2Br)c(Cl)c(COc2c(Br)cc(Br)cc2Br)c1Cl. The van der Waals surface area contributed by atoms with Gasteiger partial charge in [-0.3, -0.25) is 0 Å². The van der Waals surface area contributed by atoms with Gasteiger partial charge in [-0.25, -0.2) is 0 Å². The van der Waals surface area contributed by atoms with E-state index in [2.05, 4.69) is 95.6 Å². The highest BCUT2D eigenvalue weighted by atomic mass is 79.9. The first-order valence-electron chi connectivity index (χ1n) is 8.39. The van der Waals surface area contributed by atoms with Gasteiger partial charge in [0.05, 0.1) is 38.0 Å². The fraction of sp³-hybridized carbons (Fsp3) is 0.100. The van der Waals surface area contributed by atoms with Crippen molar-refractivity contribution >= 4 is 142 Å². The molecule has 0 aromatic heterocycles. The van der Waals surface area contributed by atoms with Crippen molar-refractivity contribution in [2.75, 3.05) is 0 Å². The van der Waals surface area contributed by atoms with Crippen molar-refractivity contribution in [2.45, 2.75) is 13.2 Å². The van der Waals surface area contributed by atoms with Gasteiger partial charge in [-0.05, 0) is 88.0 Å². The zero-order valence-corrected chi connectivity index (χ0v) is 27.9. The minimum atomic E-state index is 0.0616. The van der Waals surface area contributed by atoms with E-state index in [0.29, 0.717) is 27.6 Å². The van der Waals surface area contributed by atoms with Crippen molar-refractivity contribution in [1.82, 2.24) is 0 Å². The van der Waals surface area contributed by atoms with Crippen LogP contribution in [0.3, 0.4) is 0 Å². The van der Waals surface area contributed by atoms with Gasteiger partial charge in [-0.1, -0.05) is 78.3 Å². The van der Waals surface area contributed by atoms with Crippen molar-refractivity contribution in [3.8, 4) is 11.5 Å². The molecule has 0 fully saturated rings. The van der Waals surface area contributed by atoms with E-state index >= 15 is 0 Å². The molecular formula is C20H8Br6Cl4O2. The summed E-state index contributed by atoms with van der Waals surface area (Å²) in [6.07, 6.45) is 0. The van der Waals surface area contributed by atoms with Crippen LogP contribution in [-0.2, 0) is 13.2 Å². The van der Waals surface area contributed by atoms with Crippen molar-refractivity contribution in [1.29, 1.82) is 0 Å². The van der Waals surface area contributed by atoms with Crippen LogP contribution in [0.15, 0.2) is 51.1 Å². The summed E-state index contributed by atoms with van der Waals surface area (Å²) in [5.74, 6) is 1.18. The van der Waals surface area contributed by atoms with Crippen LogP contribution in [0.2, 0.25) is 20.1 Å². The maximum Gasteiger partial charge on any atom is 0.148 e. The Hall–Kier alpha value is 1.30. The highest BCUT2D eigenvalue weighted by Crippen LogP contribution is 2.44. The summed E-state index contributed by atoms with van der Waals surface area (Å²) in [5, 5.41) is 0.942. The normalized spacial score (nSPS) is 11.1. The predicted molar refractivity (Wildman–Crippen MR) is 154 cm³/mol. The average Bonchev–Trinajstić information content (AvgIpc) is 2.69. The molecule has 0 aliphatic heterocycles. The highest BCUT2D eigenvalue weighted by Gasteiger charge is 2.22. The molecule has 0 aliphatic rings. The molecule has 0 aliphatic carbocycles. The zero-order chi connectivity index (χ0) is 23.7. The lowest BCUT2D eigenvalue weighted by atomic mass is 10.1. The Morgan fingerprint density at radius 3 is 1.12 bits per heavy atom. The third-order valence-electron chi connectivity index (χ3n) is 4.09. The van der Waals surface area contributed by atoms with Gasteiger partial charge in [0.25, 0.3) is 0 Å². The quantitative estimate of drug-likeness (QED) is 0.181. The van der Waals surface area contributed by atoms with Crippen LogP contribution in [0.5, 0.6) is 11.5 Å². The van der Waals surface area contributed by atoms with Crippen LogP contribution in [0.25, 0.3) is 0 Å². The Bertz CT molecular complexity index is 1070. The molecule has 2 nitrogen and oxygen atoms in total. The molecule has 0 bridgehead atoms. The largest absolute Gasteiger partial charge is 0.486 e. The molecule has 0 amide bonds. The van der Waals surface area contributed by atoms with E-state index in [1.807, 2.05) is 24.3 Å². The number of hydrogen-bond acceptors (Lipinski definition) is 2. The topological polar surface area (TPSA) is 18.5 Å². The Kier molecular flexibility index (Phi) is 10.5. The van der Waals surface area contributed by atoms with E-state index in [4.69, 9.17) is 55.9 Å². The fourth-order valence-electron chi connectivity index (χ4n) is 2.61. The molecule has 3 aromatic carbocycles. The molecule has 3 rings (SSSR count). The minimum absolute atomic E-state index is 0.0616. The van der Waals surface area contributed by atoms with Crippen LogP contribution >= 0.6 is 142 Å². The van der Waals surface area contributed by atoms with Crippen LogP contribution in [0.4, 0.5) is 0 Å². The standard InChI is InChI=1S/C20H8Br6Cl4O2/c21-7-1-11(23)19(12(24)2-7)31-5-9-15(27)10(17(29)18(30)16(9)28)6-32-20-13(25)3-8(22)4-14(20)26/h1-4H,5-6H2. The number of halogens is 10. The summed E-state index contributed by atoms with van der Waals surface area (Å²) < 4.78 is 16.8. The Labute approximate surface area is 255 Å². The molecular weight excluding hydrogens is 893 g/mol. The van der Waals surface area contributed by atoms with Gasteiger partial charge in [-0.15, -0.1) is 0 Å². The van der Waals surface area contributed by atoms with Gasteiger partial charge in [0.1, 0.15) is 24.7 Å². The molecule has 0 unspecified atom stereocenters. The summed E-state index contributed by atoms with van der Waals surface area (Å²) in [6, 6.07) is 7.47. The molecule has 32 heavy (non-hydrogen) atoms. The lowest BCUT2D eigenvalue weighted by Gasteiger charge is -2.18. The second kappa shape index (κ2) is 12.0. The van der Waals surface area contributed by atoms with Crippen LogP contribution < -0.4 is 9.47 Å². The molecule has 0 saturated carbocycles. The van der Waals surface area contributed by atoms with Gasteiger partial charge in [0.2, 0.25) is 0 Å². The maximum absolute atomic E-state index is 6.68. The van der Waals surface area contributed by atoms with Crippen molar-refractivity contribution < 1.29 is 9.47 Å². The summed E-state index contributed by atoms with van der Waals surface area (Å²) in [5.41, 5.74) is 0.994. The minimum Gasteiger partial charge on any atom is -0.486 e. The van der Waals surface area contributed by atoms with E-state index < -0.39 is 0 Å². The van der Waals surface area contributed by atoms with Gasteiger partial charge in [0.15, 0.2) is 0 Å². The van der Waals surface area contributed by atoms with Gasteiger partial charge in [-0.2, -0.15) is 0 Å². The molecule has 0 heterocycles. The predicted octanol–water partition coefficient (Wildman–Crippen LogP) is 12.0.